The van der Waals surface area contributed by atoms with Gasteiger partial charge in [0.15, 0.2) is 0 Å². The Morgan fingerprint density at radius 2 is 1.74 bits per heavy atom. The van der Waals surface area contributed by atoms with E-state index >= 15 is 0 Å². The molecule has 1 atom stereocenters. The molecule has 0 aliphatic heterocycles. The Kier molecular flexibility index (Phi) is 4.39. The highest BCUT2D eigenvalue weighted by Crippen LogP contribution is 2.19. The van der Waals surface area contributed by atoms with Gasteiger partial charge in [-0.25, -0.2) is 8.78 Å². The predicted octanol–water partition coefficient (Wildman–Crippen LogP) is 2.73. The lowest BCUT2D eigenvalue weighted by atomic mass is 10.1. The van der Waals surface area contributed by atoms with Crippen LogP contribution in [0.25, 0.3) is 0 Å². The first-order valence-electron chi connectivity index (χ1n) is 5.72. The van der Waals surface area contributed by atoms with Gasteiger partial charge in [0.25, 0.3) is 0 Å². The van der Waals surface area contributed by atoms with E-state index in [0.717, 1.165) is 23.3 Å². The Morgan fingerprint density at radius 1 is 1.05 bits per heavy atom. The minimum Gasteiger partial charge on any atom is -0.326 e. The van der Waals surface area contributed by atoms with Crippen molar-refractivity contribution in [3.05, 3.63) is 65.2 Å². The molecule has 0 amide bonds. The monoisotopic (exact) mass is 281 g/mol. The second-order valence-corrected chi connectivity index (χ2v) is 5.46. The standard InChI is InChI=1S/C14H13F2NOS/c15-12-5-6-14(13(16)7-12)19(18)9-11-4-2-1-3-10(11)8-17/h1-7H,8-9,17H2. The van der Waals surface area contributed by atoms with E-state index in [4.69, 9.17) is 5.73 Å². The maximum Gasteiger partial charge on any atom is 0.142 e. The summed E-state index contributed by atoms with van der Waals surface area (Å²) in [6.45, 7) is 0.333. The number of benzene rings is 2. The Morgan fingerprint density at radius 3 is 2.37 bits per heavy atom. The molecule has 0 saturated heterocycles. The van der Waals surface area contributed by atoms with Crippen LogP contribution in [0.3, 0.4) is 0 Å². The van der Waals surface area contributed by atoms with E-state index in [1.54, 1.807) is 0 Å². The van der Waals surface area contributed by atoms with E-state index in [-0.39, 0.29) is 10.6 Å². The molecular weight excluding hydrogens is 268 g/mol. The lowest BCUT2D eigenvalue weighted by Crippen LogP contribution is -2.05. The molecular formula is C14H13F2NOS. The van der Waals surface area contributed by atoms with Gasteiger partial charge in [-0.05, 0) is 23.3 Å². The fraction of sp³-hybridized carbons (Fsp3) is 0.143. The third-order valence-electron chi connectivity index (χ3n) is 2.76. The molecule has 0 radical (unpaired) electrons. The molecule has 0 aliphatic rings. The fourth-order valence-corrected chi connectivity index (χ4v) is 2.99. The van der Waals surface area contributed by atoms with Gasteiger partial charge < -0.3 is 5.73 Å². The Hall–Kier alpha value is -1.59. The van der Waals surface area contributed by atoms with E-state index in [1.807, 2.05) is 24.3 Å². The Labute approximate surface area is 112 Å². The molecule has 2 aromatic rings. The average molecular weight is 281 g/mol. The van der Waals surface area contributed by atoms with Gasteiger partial charge in [-0.3, -0.25) is 4.21 Å². The number of hydrogen-bond donors (Lipinski definition) is 1. The molecule has 2 nitrogen and oxygen atoms in total. The van der Waals surface area contributed by atoms with Crippen molar-refractivity contribution in [1.82, 2.24) is 0 Å². The maximum absolute atomic E-state index is 13.5. The zero-order chi connectivity index (χ0) is 13.8. The molecule has 1 unspecified atom stereocenters. The van der Waals surface area contributed by atoms with Crippen LogP contribution in [-0.4, -0.2) is 4.21 Å². The van der Waals surface area contributed by atoms with Crippen molar-refractivity contribution < 1.29 is 13.0 Å². The maximum atomic E-state index is 13.5. The van der Waals surface area contributed by atoms with Crippen LogP contribution in [0.5, 0.6) is 0 Å². The summed E-state index contributed by atoms with van der Waals surface area (Å²) in [4.78, 5) is 0.00762. The van der Waals surface area contributed by atoms with Gasteiger partial charge in [0.2, 0.25) is 0 Å². The Bertz CT molecular complexity index is 616. The summed E-state index contributed by atoms with van der Waals surface area (Å²) in [5.74, 6) is -1.31. The van der Waals surface area contributed by atoms with Gasteiger partial charge in [0.05, 0.1) is 21.4 Å². The predicted molar refractivity (Wildman–Crippen MR) is 70.8 cm³/mol. The molecule has 2 rings (SSSR count). The van der Waals surface area contributed by atoms with Crippen LogP contribution in [0.4, 0.5) is 8.78 Å². The summed E-state index contributed by atoms with van der Waals surface area (Å²) in [5, 5.41) is 0. The SMILES string of the molecule is NCc1ccccc1CS(=O)c1ccc(F)cc1F. The molecule has 2 aromatic carbocycles. The van der Waals surface area contributed by atoms with E-state index in [0.29, 0.717) is 6.54 Å². The van der Waals surface area contributed by atoms with Gasteiger partial charge in [-0.2, -0.15) is 0 Å². The molecule has 0 spiro atoms. The molecule has 0 bridgehead atoms. The fourth-order valence-electron chi connectivity index (χ4n) is 1.78. The van der Waals surface area contributed by atoms with E-state index < -0.39 is 22.4 Å². The zero-order valence-corrected chi connectivity index (χ0v) is 10.9. The molecule has 0 aromatic heterocycles. The molecule has 100 valence electrons. The summed E-state index contributed by atoms with van der Waals surface area (Å²) in [6, 6.07) is 10.4. The van der Waals surface area contributed by atoms with Gasteiger partial charge in [0, 0.05) is 12.6 Å². The molecule has 0 saturated carbocycles. The van der Waals surface area contributed by atoms with Crippen molar-refractivity contribution in [2.45, 2.75) is 17.2 Å². The zero-order valence-electron chi connectivity index (χ0n) is 10.1. The van der Waals surface area contributed by atoms with Crippen LogP contribution in [0.2, 0.25) is 0 Å². The van der Waals surface area contributed by atoms with E-state index in [9.17, 15) is 13.0 Å². The second kappa shape index (κ2) is 6.04. The van der Waals surface area contributed by atoms with Gasteiger partial charge in [0.1, 0.15) is 11.6 Å². The van der Waals surface area contributed by atoms with Gasteiger partial charge >= 0.3 is 0 Å². The summed E-state index contributed by atoms with van der Waals surface area (Å²) in [5.41, 5.74) is 7.28. The van der Waals surface area contributed by atoms with Crippen LogP contribution >= 0.6 is 0 Å². The number of hydrogen-bond acceptors (Lipinski definition) is 2. The molecule has 0 aliphatic carbocycles. The normalized spacial score (nSPS) is 12.4. The van der Waals surface area contributed by atoms with Crippen molar-refractivity contribution in [2.24, 2.45) is 5.73 Å². The van der Waals surface area contributed by atoms with Crippen LogP contribution in [0, 0.1) is 11.6 Å². The molecule has 5 heteroatoms. The minimum atomic E-state index is -1.56. The topological polar surface area (TPSA) is 43.1 Å². The smallest absolute Gasteiger partial charge is 0.142 e. The third-order valence-corrected chi connectivity index (χ3v) is 4.16. The second-order valence-electron chi connectivity index (χ2n) is 4.04. The van der Waals surface area contributed by atoms with Gasteiger partial charge in [-0.1, -0.05) is 24.3 Å². The summed E-state index contributed by atoms with van der Waals surface area (Å²) in [7, 11) is -1.56. The van der Waals surface area contributed by atoms with E-state index in [2.05, 4.69) is 0 Å². The lowest BCUT2D eigenvalue weighted by Gasteiger charge is -2.08. The molecule has 0 heterocycles. The lowest BCUT2D eigenvalue weighted by molar-refractivity contribution is 0.562. The third kappa shape index (κ3) is 3.24. The number of nitrogens with two attached hydrogens (primary N) is 1. The Balaban J connectivity index is 2.26. The number of halogens is 2. The first kappa shape index (κ1) is 13.8. The quantitative estimate of drug-likeness (QED) is 0.936. The first-order chi connectivity index (χ1) is 9.11. The molecule has 19 heavy (non-hydrogen) atoms. The van der Waals surface area contributed by atoms with Crippen molar-refractivity contribution in [1.29, 1.82) is 0 Å². The van der Waals surface area contributed by atoms with Crippen LogP contribution in [0.15, 0.2) is 47.4 Å². The number of rotatable bonds is 4. The van der Waals surface area contributed by atoms with Crippen molar-refractivity contribution in [2.75, 3.05) is 0 Å². The average Bonchev–Trinajstić information content (AvgIpc) is 2.39. The van der Waals surface area contributed by atoms with Crippen LogP contribution < -0.4 is 5.73 Å². The molecule has 0 fully saturated rings. The molecule has 2 N–H and O–H groups in total. The van der Waals surface area contributed by atoms with Crippen molar-refractivity contribution >= 4 is 10.8 Å². The minimum absolute atomic E-state index is 0.00762. The van der Waals surface area contributed by atoms with Crippen LogP contribution in [-0.2, 0) is 23.1 Å². The largest absolute Gasteiger partial charge is 0.326 e. The van der Waals surface area contributed by atoms with Crippen molar-refractivity contribution in [3.63, 3.8) is 0 Å². The highest BCUT2D eigenvalue weighted by atomic mass is 32.2. The first-order valence-corrected chi connectivity index (χ1v) is 7.04. The van der Waals surface area contributed by atoms with Gasteiger partial charge in [-0.15, -0.1) is 0 Å². The summed E-state index contributed by atoms with van der Waals surface area (Å²) < 4.78 is 38.5. The highest BCUT2D eigenvalue weighted by molar-refractivity contribution is 7.84. The van der Waals surface area contributed by atoms with Crippen molar-refractivity contribution in [3.8, 4) is 0 Å². The summed E-state index contributed by atoms with van der Waals surface area (Å²) in [6.07, 6.45) is 0. The van der Waals surface area contributed by atoms with E-state index in [1.165, 1.54) is 6.07 Å². The summed E-state index contributed by atoms with van der Waals surface area (Å²) >= 11 is 0. The highest BCUT2D eigenvalue weighted by Gasteiger charge is 2.13. The van der Waals surface area contributed by atoms with Crippen LogP contribution in [0.1, 0.15) is 11.1 Å².